The molecular formula is C30H31N5O3S. The molecule has 2 aliphatic rings. The van der Waals surface area contributed by atoms with Crippen LogP contribution in [0.2, 0.25) is 0 Å². The molecular weight excluding hydrogens is 510 g/mol. The van der Waals surface area contributed by atoms with E-state index in [1.807, 2.05) is 43.4 Å². The predicted molar refractivity (Wildman–Crippen MR) is 154 cm³/mol. The molecule has 0 saturated heterocycles. The largest absolute Gasteiger partial charge is 0.349 e. The number of carbonyl (C=O) groups excluding carboxylic acids is 3. The van der Waals surface area contributed by atoms with Crippen molar-refractivity contribution in [3.8, 4) is 10.4 Å². The lowest BCUT2D eigenvalue weighted by molar-refractivity contribution is -0.123. The number of thiophene rings is 1. The number of H-pyrrole nitrogens is 1. The normalized spacial score (nSPS) is 15.7. The summed E-state index contributed by atoms with van der Waals surface area (Å²) in [6.45, 7) is 0. The molecule has 4 aromatic rings. The number of rotatable bonds is 7. The van der Waals surface area contributed by atoms with Crippen molar-refractivity contribution in [1.82, 2.24) is 15.3 Å². The van der Waals surface area contributed by atoms with Crippen molar-refractivity contribution in [1.29, 1.82) is 0 Å². The van der Waals surface area contributed by atoms with Crippen LogP contribution in [0.25, 0.3) is 21.3 Å². The highest BCUT2D eigenvalue weighted by Gasteiger charge is 2.29. The molecule has 3 amide bonds. The van der Waals surface area contributed by atoms with Crippen molar-refractivity contribution in [3.05, 3.63) is 65.3 Å². The Labute approximate surface area is 230 Å². The third-order valence-electron chi connectivity index (χ3n) is 7.63. The third-order valence-corrected chi connectivity index (χ3v) is 8.76. The van der Waals surface area contributed by atoms with Gasteiger partial charge in [-0.05, 0) is 73.7 Å². The molecule has 0 radical (unpaired) electrons. The van der Waals surface area contributed by atoms with Crippen LogP contribution in [-0.2, 0) is 4.79 Å². The molecule has 3 heterocycles. The molecule has 0 aliphatic heterocycles. The molecule has 8 nitrogen and oxygen atoms in total. The Morgan fingerprint density at radius 1 is 0.949 bits per heavy atom. The van der Waals surface area contributed by atoms with Crippen molar-refractivity contribution in [2.45, 2.75) is 51.0 Å². The molecule has 2 fully saturated rings. The predicted octanol–water partition coefficient (Wildman–Crippen LogP) is 5.98. The number of hydrogen-bond acceptors (Lipinski definition) is 5. The molecule has 39 heavy (non-hydrogen) atoms. The molecule has 0 atom stereocenters. The maximum Gasteiger partial charge on any atom is 0.266 e. The minimum absolute atomic E-state index is 0.0562. The molecule has 0 bridgehead atoms. The van der Waals surface area contributed by atoms with Crippen molar-refractivity contribution in [3.63, 3.8) is 0 Å². The van der Waals surface area contributed by atoms with Gasteiger partial charge in [0.25, 0.3) is 11.8 Å². The maximum atomic E-state index is 13.3. The van der Waals surface area contributed by atoms with Crippen LogP contribution in [0.5, 0.6) is 0 Å². The Hall–Kier alpha value is -3.98. The Balaban J connectivity index is 1.29. The molecule has 1 aromatic carbocycles. The van der Waals surface area contributed by atoms with Gasteiger partial charge in [0.05, 0.1) is 10.4 Å². The van der Waals surface area contributed by atoms with Crippen LogP contribution in [0.15, 0.2) is 54.9 Å². The number of nitrogens with one attached hydrogen (secondary N) is 3. The van der Waals surface area contributed by atoms with E-state index in [0.29, 0.717) is 27.2 Å². The van der Waals surface area contributed by atoms with Crippen molar-refractivity contribution < 1.29 is 14.4 Å². The van der Waals surface area contributed by atoms with E-state index < -0.39 is 0 Å². The van der Waals surface area contributed by atoms with E-state index >= 15 is 0 Å². The van der Waals surface area contributed by atoms with Crippen LogP contribution in [0, 0.1) is 5.92 Å². The van der Waals surface area contributed by atoms with E-state index in [0.717, 1.165) is 54.7 Å². The SMILES string of the molecule is CN(C(=O)C1CCCCC1)c1ccc2c(C(=O)NC3CC3)c(NC(=O)c3ccc(-c4ccncc4)s3)[nH]c2c1. The first-order valence-corrected chi connectivity index (χ1v) is 14.4. The molecule has 0 spiro atoms. The van der Waals surface area contributed by atoms with Gasteiger partial charge < -0.3 is 20.5 Å². The summed E-state index contributed by atoms with van der Waals surface area (Å²) in [4.78, 5) is 50.2. The molecule has 2 saturated carbocycles. The van der Waals surface area contributed by atoms with Crippen LogP contribution >= 0.6 is 11.3 Å². The van der Waals surface area contributed by atoms with E-state index in [4.69, 9.17) is 0 Å². The van der Waals surface area contributed by atoms with Gasteiger partial charge in [-0.1, -0.05) is 19.3 Å². The number of aromatic nitrogens is 2. The highest BCUT2D eigenvalue weighted by Crippen LogP contribution is 2.34. The lowest BCUT2D eigenvalue weighted by atomic mass is 9.88. The Kier molecular flexibility index (Phi) is 6.91. The summed E-state index contributed by atoms with van der Waals surface area (Å²) >= 11 is 1.38. The van der Waals surface area contributed by atoms with Gasteiger partial charge in [0.1, 0.15) is 5.82 Å². The van der Waals surface area contributed by atoms with Gasteiger partial charge in [-0.3, -0.25) is 19.4 Å². The standard InChI is InChI=1S/C30H31N5O3S/c1-35(30(38)19-5-3-2-4-6-19)21-9-10-22-23(17-21)33-27(26(22)29(37)32-20-7-8-20)34-28(36)25-12-11-24(39-25)18-13-15-31-16-14-18/h9-17,19-20,33H,2-8H2,1H3,(H,32,37)(H,34,36). The number of benzene rings is 1. The summed E-state index contributed by atoms with van der Waals surface area (Å²) in [6, 6.07) is 13.3. The lowest BCUT2D eigenvalue weighted by Gasteiger charge is -2.26. The third kappa shape index (κ3) is 5.31. The van der Waals surface area contributed by atoms with E-state index in [1.54, 1.807) is 23.4 Å². The average molecular weight is 542 g/mol. The molecule has 9 heteroatoms. The van der Waals surface area contributed by atoms with Gasteiger partial charge in [0, 0.05) is 52.9 Å². The number of hydrogen-bond donors (Lipinski definition) is 3. The summed E-state index contributed by atoms with van der Waals surface area (Å²) in [5.41, 5.74) is 2.84. The first kappa shape index (κ1) is 25.3. The summed E-state index contributed by atoms with van der Waals surface area (Å²) in [5.74, 6) is 0.0221. The number of pyridine rings is 1. The van der Waals surface area contributed by atoms with Crippen molar-refractivity contribution in [2.24, 2.45) is 5.92 Å². The fourth-order valence-electron chi connectivity index (χ4n) is 5.27. The second kappa shape index (κ2) is 10.6. The molecule has 6 rings (SSSR count). The quantitative estimate of drug-likeness (QED) is 0.268. The summed E-state index contributed by atoms with van der Waals surface area (Å²) in [6.07, 6.45) is 10.6. The van der Waals surface area contributed by atoms with E-state index in [2.05, 4.69) is 20.6 Å². The number of fused-ring (bicyclic) bond motifs is 1. The van der Waals surface area contributed by atoms with Crippen LogP contribution in [0.3, 0.4) is 0 Å². The summed E-state index contributed by atoms with van der Waals surface area (Å²) in [7, 11) is 1.81. The molecule has 0 unspecified atom stereocenters. The number of aromatic amines is 1. The van der Waals surface area contributed by atoms with Gasteiger partial charge in [0.2, 0.25) is 5.91 Å². The lowest BCUT2D eigenvalue weighted by Crippen LogP contribution is -2.33. The number of amides is 3. The topological polar surface area (TPSA) is 107 Å². The fraction of sp³-hybridized carbons (Fsp3) is 0.333. The number of carbonyl (C=O) groups is 3. The highest BCUT2D eigenvalue weighted by molar-refractivity contribution is 7.17. The van der Waals surface area contributed by atoms with Gasteiger partial charge >= 0.3 is 0 Å². The summed E-state index contributed by atoms with van der Waals surface area (Å²) < 4.78 is 0. The smallest absolute Gasteiger partial charge is 0.266 e. The second-order valence-corrected chi connectivity index (χ2v) is 11.5. The second-order valence-electron chi connectivity index (χ2n) is 10.4. The van der Waals surface area contributed by atoms with Crippen LogP contribution in [0.1, 0.15) is 65.0 Å². The zero-order valence-corrected chi connectivity index (χ0v) is 22.6. The number of anilines is 2. The van der Waals surface area contributed by atoms with Crippen LogP contribution < -0.4 is 15.5 Å². The van der Waals surface area contributed by atoms with Gasteiger partial charge in [-0.15, -0.1) is 11.3 Å². The first-order chi connectivity index (χ1) is 19.0. The van der Waals surface area contributed by atoms with E-state index in [9.17, 15) is 14.4 Å². The van der Waals surface area contributed by atoms with E-state index in [-0.39, 0.29) is 29.7 Å². The van der Waals surface area contributed by atoms with Gasteiger partial charge in [0.15, 0.2) is 0 Å². The molecule has 2 aliphatic carbocycles. The Morgan fingerprint density at radius 2 is 1.72 bits per heavy atom. The molecule has 3 N–H and O–H groups in total. The van der Waals surface area contributed by atoms with Crippen molar-refractivity contribution in [2.75, 3.05) is 17.3 Å². The minimum Gasteiger partial charge on any atom is -0.349 e. The molecule has 3 aromatic heterocycles. The van der Waals surface area contributed by atoms with Crippen molar-refractivity contribution >= 4 is 51.5 Å². The Bertz CT molecular complexity index is 1530. The first-order valence-electron chi connectivity index (χ1n) is 13.5. The fourth-order valence-corrected chi connectivity index (χ4v) is 6.17. The van der Waals surface area contributed by atoms with Gasteiger partial charge in [-0.25, -0.2) is 0 Å². The highest BCUT2D eigenvalue weighted by atomic mass is 32.1. The van der Waals surface area contributed by atoms with E-state index in [1.165, 1.54) is 17.8 Å². The number of nitrogens with zero attached hydrogens (tertiary/aromatic N) is 2. The van der Waals surface area contributed by atoms with Crippen LogP contribution in [-0.4, -0.2) is 40.8 Å². The monoisotopic (exact) mass is 541 g/mol. The van der Waals surface area contributed by atoms with Gasteiger partial charge in [-0.2, -0.15) is 0 Å². The maximum absolute atomic E-state index is 13.3. The zero-order chi connectivity index (χ0) is 26.9. The van der Waals surface area contributed by atoms with Crippen LogP contribution in [0.4, 0.5) is 11.5 Å². The molecule has 200 valence electrons. The minimum atomic E-state index is -0.294. The zero-order valence-electron chi connectivity index (χ0n) is 21.8. The average Bonchev–Trinajstić information content (AvgIpc) is 3.50. The summed E-state index contributed by atoms with van der Waals surface area (Å²) in [5, 5.41) is 6.69. The Morgan fingerprint density at radius 3 is 2.46 bits per heavy atom.